The number of nitrogens with one attached hydrogen (secondary N) is 1. The van der Waals surface area contributed by atoms with Crippen LogP contribution in [0.1, 0.15) is 5.56 Å². The summed E-state index contributed by atoms with van der Waals surface area (Å²) < 4.78 is 0. The number of rotatable bonds is 2. The topological polar surface area (TPSA) is 55.1 Å². The van der Waals surface area contributed by atoms with Gasteiger partial charge >= 0.3 is 0 Å². The van der Waals surface area contributed by atoms with Gasteiger partial charge < -0.3 is 11.1 Å². The van der Waals surface area contributed by atoms with Gasteiger partial charge in [0.15, 0.2) is 5.11 Å². The molecule has 0 spiro atoms. The summed E-state index contributed by atoms with van der Waals surface area (Å²) in [6, 6.07) is 9.40. The van der Waals surface area contributed by atoms with E-state index in [4.69, 9.17) is 5.73 Å². The molecule has 0 aliphatic heterocycles. The highest BCUT2D eigenvalue weighted by atomic mass is 32.1. The van der Waals surface area contributed by atoms with E-state index < -0.39 is 0 Å². The van der Waals surface area contributed by atoms with Crippen LogP contribution in [0.25, 0.3) is 0 Å². The van der Waals surface area contributed by atoms with Crippen molar-refractivity contribution >= 4 is 23.2 Å². The number of amides is 1. The molecule has 0 radical (unpaired) electrons. The van der Waals surface area contributed by atoms with Crippen LogP contribution in [-0.2, 0) is 11.2 Å². The maximum Gasteiger partial charge on any atom is 0.230 e. The lowest BCUT2D eigenvalue weighted by Crippen LogP contribution is -2.35. The maximum absolute atomic E-state index is 11.1. The van der Waals surface area contributed by atoms with E-state index in [9.17, 15) is 4.79 Å². The second kappa shape index (κ2) is 4.57. The van der Waals surface area contributed by atoms with E-state index in [1.807, 2.05) is 30.3 Å². The lowest BCUT2D eigenvalue weighted by molar-refractivity contribution is -0.119. The number of carbonyl (C=O) groups is 1. The minimum absolute atomic E-state index is 0.0148. The van der Waals surface area contributed by atoms with Crippen LogP contribution >= 0.6 is 12.2 Å². The van der Waals surface area contributed by atoms with Crippen LogP contribution in [0.5, 0.6) is 0 Å². The third kappa shape index (κ3) is 3.66. The fourth-order valence-electron chi connectivity index (χ4n) is 0.963. The fraction of sp³-hybridized carbons (Fsp3) is 0.111. The summed E-state index contributed by atoms with van der Waals surface area (Å²) in [5.74, 6) is -0.182. The van der Waals surface area contributed by atoms with E-state index in [-0.39, 0.29) is 11.0 Å². The smallest absolute Gasteiger partial charge is 0.230 e. The molecular weight excluding hydrogens is 184 g/mol. The molecule has 1 aromatic carbocycles. The first-order valence-electron chi connectivity index (χ1n) is 3.81. The average molecular weight is 194 g/mol. The van der Waals surface area contributed by atoms with Gasteiger partial charge in [-0.25, -0.2) is 0 Å². The van der Waals surface area contributed by atoms with Crippen molar-refractivity contribution in [1.29, 1.82) is 0 Å². The first-order valence-corrected chi connectivity index (χ1v) is 4.22. The Kier molecular flexibility index (Phi) is 3.40. The maximum atomic E-state index is 11.1. The van der Waals surface area contributed by atoms with Gasteiger partial charge in [0.2, 0.25) is 5.91 Å². The molecule has 4 heteroatoms. The van der Waals surface area contributed by atoms with Crippen molar-refractivity contribution in [1.82, 2.24) is 5.32 Å². The van der Waals surface area contributed by atoms with Crippen LogP contribution in [0.3, 0.4) is 0 Å². The van der Waals surface area contributed by atoms with Crippen LogP contribution in [0.4, 0.5) is 0 Å². The molecule has 1 aromatic rings. The molecule has 0 heterocycles. The Bertz CT molecular complexity index is 311. The molecule has 0 unspecified atom stereocenters. The van der Waals surface area contributed by atoms with Gasteiger partial charge in [0, 0.05) is 0 Å². The minimum Gasteiger partial charge on any atom is -0.376 e. The van der Waals surface area contributed by atoms with Gasteiger partial charge in [0.1, 0.15) is 0 Å². The SMILES string of the molecule is NC(=S)NC(=O)Cc1ccccc1. The van der Waals surface area contributed by atoms with Gasteiger partial charge in [-0.3, -0.25) is 4.79 Å². The van der Waals surface area contributed by atoms with E-state index in [1.165, 1.54) is 0 Å². The van der Waals surface area contributed by atoms with E-state index in [0.717, 1.165) is 5.56 Å². The van der Waals surface area contributed by atoms with Gasteiger partial charge in [-0.2, -0.15) is 0 Å². The van der Waals surface area contributed by atoms with Crippen LogP contribution in [0.2, 0.25) is 0 Å². The van der Waals surface area contributed by atoms with Gasteiger partial charge in [-0.15, -0.1) is 0 Å². The zero-order chi connectivity index (χ0) is 9.68. The van der Waals surface area contributed by atoms with Crippen LogP contribution < -0.4 is 11.1 Å². The normalized spacial score (nSPS) is 9.23. The Labute approximate surface area is 81.9 Å². The first-order chi connectivity index (χ1) is 6.18. The molecule has 1 amide bonds. The predicted molar refractivity (Wildman–Crippen MR) is 55.1 cm³/mol. The summed E-state index contributed by atoms with van der Waals surface area (Å²) in [5, 5.41) is 2.38. The molecular formula is C9H10N2OS. The van der Waals surface area contributed by atoms with E-state index in [0.29, 0.717) is 6.42 Å². The van der Waals surface area contributed by atoms with Crippen molar-refractivity contribution < 1.29 is 4.79 Å². The Balaban J connectivity index is 2.50. The minimum atomic E-state index is -0.182. The van der Waals surface area contributed by atoms with Crippen molar-refractivity contribution in [2.75, 3.05) is 0 Å². The zero-order valence-electron chi connectivity index (χ0n) is 6.99. The molecule has 68 valence electrons. The van der Waals surface area contributed by atoms with Crippen molar-refractivity contribution in [3.8, 4) is 0 Å². The van der Waals surface area contributed by atoms with Crippen molar-refractivity contribution in [3.63, 3.8) is 0 Å². The first kappa shape index (κ1) is 9.67. The molecule has 0 atom stereocenters. The lowest BCUT2D eigenvalue weighted by atomic mass is 10.1. The number of hydrogen-bond donors (Lipinski definition) is 2. The van der Waals surface area contributed by atoms with Gasteiger partial charge in [0.05, 0.1) is 6.42 Å². The largest absolute Gasteiger partial charge is 0.376 e. The van der Waals surface area contributed by atoms with Crippen molar-refractivity contribution in [2.45, 2.75) is 6.42 Å². The molecule has 0 bridgehead atoms. The second-order valence-electron chi connectivity index (χ2n) is 2.57. The highest BCUT2D eigenvalue weighted by Gasteiger charge is 2.02. The molecule has 13 heavy (non-hydrogen) atoms. The lowest BCUT2D eigenvalue weighted by Gasteiger charge is -2.01. The van der Waals surface area contributed by atoms with Crippen LogP contribution in [0, 0.1) is 0 Å². The Morgan fingerprint density at radius 2 is 2.00 bits per heavy atom. The molecule has 0 aliphatic carbocycles. The van der Waals surface area contributed by atoms with Gasteiger partial charge in [-0.05, 0) is 17.8 Å². The Morgan fingerprint density at radius 1 is 1.38 bits per heavy atom. The van der Waals surface area contributed by atoms with Gasteiger partial charge in [-0.1, -0.05) is 30.3 Å². The quantitative estimate of drug-likeness (QED) is 0.677. The van der Waals surface area contributed by atoms with E-state index in [1.54, 1.807) is 0 Å². The third-order valence-corrected chi connectivity index (χ3v) is 1.57. The Hall–Kier alpha value is -1.42. The molecule has 0 saturated carbocycles. The van der Waals surface area contributed by atoms with Crippen molar-refractivity contribution in [2.24, 2.45) is 5.73 Å². The monoisotopic (exact) mass is 194 g/mol. The molecule has 0 aliphatic rings. The molecule has 0 fully saturated rings. The molecule has 0 saturated heterocycles. The average Bonchev–Trinajstić information content (AvgIpc) is 2.04. The molecule has 1 rings (SSSR count). The standard InChI is InChI=1S/C9H10N2OS/c10-9(13)11-8(12)6-7-4-2-1-3-5-7/h1-5H,6H2,(H3,10,11,12,13). The van der Waals surface area contributed by atoms with E-state index in [2.05, 4.69) is 17.5 Å². The number of thiocarbonyl (C=S) groups is 1. The van der Waals surface area contributed by atoms with Gasteiger partial charge in [0.25, 0.3) is 0 Å². The summed E-state index contributed by atoms with van der Waals surface area (Å²) in [6.07, 6.45) is 0.304. The fourth-order valence-corrected chi connectivity index (χ4v) is 1.08. The molecule has 0 aromatic heterocycles. The second-order valence-corrected chi connectivity index (χ2v) is 3.01. The summed E-state index contributed by atoms with van der Waals surface area (Å²) in [6.45, 7) is 0. The summed E-state index contributed by atoms with van der Waals surface area (Å²) >= 11 is 4.53. The summed E-state index contributed by atoms with van der Waals surface area (Å²) in [4.78, 5) is 11.1. The van der Waals surface area contributed by atoms with Crippen molar-refractivity contribution in [3.05, 3.63) is 35.9 Å². The summed E-state index contributed by atoms with van der Waals surface area (Å²) in [7, 11) is 0. The third-order valence-electron chi connectivity index (χ3n) is 1.47. The Morgan fingerprint density at radius 3 is 2.54 bits per heavy atom. The highest BCUT2D eigenvalue weighted by molar-refractivity contribution is 7.80. The van der Waals surface area contributed by atoms with E-state index >= 15 is 0 Å². The van der Waals surface area contributed by atoms with Crippen LogP contribution in [-0.4, -0.2) is 11.0 Å². The summed E-state index contributed by atoms with van der Waals surface area (Å²) in [5.41, 5.74) is 6.09. The zero-order valence-corrected chi connectivity index (χ0v) is 7.80. The number of hydrogen-bond acceptors (Lipinski definition) is 2. The predicted octanol–water partition coefficient (Wildman–Crippen LogP) is 0.589. The van der Waals surface area contributed by atoms with Crippen LogP contribution in [0.15, 0.2) is 30.3 Å². The number of nitrogens with two attached hydrogens (primary N) is 1. The molecule has 3 nitrogen and oxygen atoms in total. The number of benzene rings is 1. The molecule has 3 N–H and O–H groups in total. The highest BCUT2D eigenvalue weighted by Crippen LogP contribution is 1.98. The number of carbonyl (C=O) groups excluding carboxylic acids is 1.